The van der Waals surface area contributed by atoms with E-state index in [0.717, 1.165) is 32.0 Å². The Kier molecular flexibility index (Phi) is 5.91. The van der Waals surface area contributed by atoms with Crippen molar-refractivity contribution in [3.8, 4) is 5.75 Å². The van der Waals surface area contributed by atoms with Crippen LogP contribution in [0.25, 0.3) is 0 Å². The number of nitrogens with one attached hydrogen (secondary N) is 1. The van der Waals surface area contributed by atoms with Crippen LogP contribution in [0.15, 0.2) is 18.2 Å². The number of ether oxygens (including phenoxy) is 2. The zero-order valence-electron chi connectivity index (χ0n) is 11.6. The Bertz CT molecular complexity index is 425. The predicted octanol–water partition coefficient (Wildman–Crippen LogP) is 1.45. The van der Waals surface area contributed by atoms with Crippen LogP contribution in [0.4, 0.5) is 5.69 Å². The first-order valence-electron chi connectivity index (χ1n) is 6.74. The van der Waals surface area contributed by atoms with E-state index in [0.29, 0.717) is 23.9 Å². The van der Waals surface area contributed by atoms with E-state index in [-0.39, 0.29) is 0 Å². The standard InChI is InChI=1S/C14H21ClN2O3/c1-19-14-8-11(2-3-13(14)15)16-9-12(18)10-17-4-6-20-7-5-17/h2-3,8,12,16,18H,4-7,9-10H2,1H3. The van der Waals surface area contributed by atoms with Gasteiger partial charge < -0.3 is 19.9 Å². The van der Waals surface area contributed by atoms with Gasteiger partial charge in [0.25, 0.3) is 0 Å². The van der Waals surface area contributed by atoms with Gasteiger partial charge in [0.05, 0.1) is 31.5 Å². The van der Waals surface area contributed by atoms with Gasteiger partial charge in [-0.05, 0) is 12.1 Å². The molecule has 1 saturated heterocycles. The third kappa shape index (κ3) is 4.52. The van der Waals surface area contributed by atoms with Crippen molar-refractivity contribution in [2.24, 2.45) is 0 Å². The second kappa shape index (κ2) is 7.69. The number of aliphatic hydroxyl groups is 1. The lowest BCUT2D eigenvalue weighted by atomic mass is 10.2. The first-order valence-corrected chi connectivity index (χ1v) is 7.12. The second-order valence-corrected chi connectivity index (χ2v) is 5.20. The van der Waals surface area contributed by atoms with Gasteiger partial charge in [-0.25, -0.2) is 0 Å². The average molecular weight is 301 g/mol. The Morgan fingerprint density at radius 2 is 2.20 bits per heavy atom. The Morgan fingerprint density at radius 3 is 2.90 bits per heavy atom. The van der Waals surface area contributed by atoms with Crippen molar-refractivity contribution in [3.63, 3.8) is 0 Å². The second-order valence-electron chi connectivity index (χ2n) is 4.80. The van der Waals surface area contributed by atoms with Gasteiger partial charge in [-0.2, -0.15) is 0 Å². The van der Waals surface area contributed by atoms with Gasteiger partial charge in [0.15, 0.2) is 0 Å². The maximum Gasteiger partial charge on any atom is 0.139 e. The molecule has 0 radical (unpaired) electrons. The largest absolute Gasteiger partial charge is 0.495 e. The van der Waals surface area contributed by atoms with Crippen molar-refractivity contribution in [2.75, 3.05) is 51.8 Å². The number of β-amino-alcohol motifs (C(OH)–C–C–N with tert-alkyl or cyclic N) is 1. The van der Waals surface area contributed by atoms with Gasteiger partial charge in [-0.15, -0.1) is 0 Å². The van der Waals surface area contributed by atoms with Crippen LogP contribution in [0.5, 0.6) is 5.75 Å². The quantitative estimate of drug-likeness (QED) is 0.833. The molecule has 1 heterocycles. The minimum Gasteiger partial charge on any atom is -0.495 e. The van der Waals surface area contributed by atoms with Gasteiger partial charge in [-0.3, -0.25) is 4.90 Å². The number of methoxy groups -OCH3 is 1. The molecule has 2 rings (SSSR count). The number of hydrogen-bond acceptors (Lipinski definition) is 5. The molecule has 1 aliphatic rings. The molecule has 1 aromatic carbocycles. The van der Waals surface area contributed by atoms with E-state index in [4.69, 9.17) is 21.1 Å². The minimum absolute atomic E-state index is 0.422. The molecule has 1 aromatic rings. The highest BCUT2D eigenvalue weighted by atomic mass is 35.5. The summed E-state index contributed by atoms with van der Waals surface area (Å²) in [5.41, 5.74) is 0.882. The van der Waals surface area contributed by atoms with Crippen molar-refractivity contribution < 1.29 is 14.6 Å². The topological polar surface area (TPSA) is 54.0 Å². The van der Waals surface area contributed by atoms with Gasteiger partial charge in [0, 0.05) is 37.9 Å². The van der Waals surface area contributed by atoms with Crippen LogP contribution in [0.3, 0.4) is 0 Å². The number of aliphatic hydroxyl groups excluding tert-OH is 1. The Labute approximate surface area is 124 Å². The maximum atomic E-state index is 10.0. The van der Waals surface area contributed by atoms with E-state index < -0.39 is 6.10 Å². The van der Waals surface area contributed by atoms with E-state index in [1.54, 1.807) is 13.2 Å². The summed E-state index contributed by atoms with van der Waals surface area (Å²) in [5.74, 6) is 0.624. The molecular weight excluding hydrogens is 280 g/mol. The van der Waals surface area contributed by atoms with Gasteiger partial charge in [-0.1, -0.05) is 11.6 Å². The van der Waals surface area contributed by atoms with Crippen molar-refractivity contribution >= 4 is 17.3 Å². The molecule has 1 atom stereocenters. The summed E-state index contributed by atoms with van der Waals surface area (Å²) in [6.07, 6.45) is -0.422. The van der Waals surface area contributed by atoms with Gasteiger partial charge >= 0.3 is 0 Å². The highest BCUT2D eigenvalue weighted by Crippen LogP contribution is 2.27. The van der Waals surface area contributed by atoms with E-state index in [1.807, 2.05) is 12.1 Å². The molecule has 0 aromatic heterocycles. The van der Waals surface area contributed by atoms with Crippen molar-refractivity contribution in [3.05, 3.63) is 23.2 Å². The molecule has 1 fully saturated rings. The number of anilines is 1. The summed E-state index contributed by atoms with van der Waals surface area (Å²) < 4.78 is 10.4. The molecule has 20 heavy (non-hydrogen) atoms. The molecule has 0 aliphatic carbocycles. The lowest BCUT2D eigenvalue weighted by molar-refractivity contribution is 0.0171. The molecular formula is C14H21ClN2O3. The fourth-order valence-electron chi connectivity index (χ4n) is 2.15. The number of morpholine rings is 1. The highest BCUT2D eigenvalue weighted by Gasteiger charge is 2.14. The molecule has 0 saturated carbocycles. The lowest BCUT2D eigenvalue weighted by Gasteiger charge is -2.28. The Morgan fingerprint density at radius 1 is 1.45 bits per heavy atom. The summed E-state index contributed by atoms with van der Waals surface area (Å²) in [7, 11) is 1.58. The van der Waals surface area contributed by atoms with Crippen molar-refractivity contribution in [1.82, 2.24) is 4.90 Å². The van der Waals surface area contributed by atoms with Gasteiger partial charge in [0.1, 0.15) is 5.75 Å². The summed E-state index contributed by atoms with van der Waals surface area (Å²) >= 11 is 5.97. The first-order chi connectivity index (χ1) is 9.69. The number of hydrogen-bond donors (Lipinski definition) is 2. The third-order valence-electron chi connectivity index (χ3n) is 3.27. The summed E-state index contributed by atoms with van der Waals surface area (Å²) in [6.45, 7) is 4.39. The van der Waals surface area contributed by atoms with Crippen LogP contribution in [0, 0.1) is 0 Å². The normalized spacial score (nSPS) is 17.8. The molecule has 1 aliphatic heterocycles. The van der Waals surface area contributed by atoms with Gasteiger partial charge in [0.2, 0.25) is 0 Å². The predicted molar refractivity (Wildman–Crippen MR) is 79.8 cm³/mol. The zero-order valence-corrected chi connectivity index (χ0v) is 12.4. The number of nitrogens with zero attached hydrogens (tertiary/aromatic N) is 1. The van der Waals surface area contributed by atoms with Crippen molar-refractivity contribution in [1.29, 1.82) is 0 Å². The highest BCUT2D eigenvalue weighted by molar-refractivity contribution is 6.32. The third-order valence-corrected chi connectivity index (χ3v) is 3.58. The number of rotatable bonds is 6. The fraction of sp³-hybridized carbons (Fsp3) is 0.571. The summed E-state index contributed by atoms with van der Waals surface area (Å²) in [6, 6.07) is 5.47. The van der Waals surface area contributed by atoms with Crippen molar-refractivity contribution in [2.45, 2.75) is 6.10 Å². The van der Waals surface area contributed by atoms with E-state index in [9.17, 15) is 5.11 Å². The van der Waals surface area contributed by atoms with Crippen LogP contribution in [0.1, 0.15) is 0 Å². The molecule has 112 valence electrons. The maximum absolute atomic E-state index is 10.0. The summed E-state index contributed by atoms with van der Waals surface area (Å²) in [5, 5.41) is 13.8. The van der Waals surface area contributed by atoms with Crippen LogP contribution in [-0.2, 0) is 4.74 Å². The van der Waals surface area contributed by atoms with E-state index >= 15 is 0 Å². The molecule has 2 N–H and O–H groups in total. The first kappa shape index (κ1) is 15.4. The van der Waals surface area contributed by atoms with Crippen LogP contribution in [-0.4, -0.2) is 62.6 Å². The van der Waals surface area contributed by atoms with Crippen LogP contribution in [0.2, 0.25) is 5.02 Å². The van der Waals surface area contributed by atoms with Crippen LogP contribution < -0.4 is 10.1 Å². The SMILES string of the molecule is COc1cc(NCC(O)CN2CCOCC2)ccc1Cl. The smallest absolute Gasteiger partial charge is 0.139 e. The molecule has 6 heteroatoms. The zero-order chi connectivity index (χ0) is 14.4. The molecule has 0 spiro atoms. The molecule has 5 nitrogen and oxygen atoms in total. The van der Waals surface area contributed by atoms with E-state index in [2.05, 4.69) is 10.2 Å². The van der Waals surface area contributed by atoms with Crippen LogP contribution >= 0.6 is 11.6 Å². The molecule has 1 unspecified atom stereocenters. The monoisotopic (exact) mass is 300 g/mol. The average Bonchev–Trinajstić information content (AvgIpc) is 2.47. The summed E-state index contributed by atoms with van der Waals surface area (Å²) in [4.78, 5) is 2.21. The molecule has 0 bridgehead atoms. The fourth-order valence-corrected chi connectivity index (χ4v) is 2.35. The van der Waals surface area contributed by atoms with E-state index in [1.165, 1.54) is 0 Å². The Hall–Kier alpha value is -1.01. The minimum atomic E-state index is -0.422. The lowest BCUT2D eigenvalue weighted by Crippen LogP contribution is -2.42. The number of benzene rings is 1. The molecule has 0 amide bonds. The number of halogens is 1. The Balaban J connectivity index is 1.78.